The summed E-state index contributed by atoms with van der Waals surface area (Å²) in [6.45, 7) is 2.41. The zero-order valence-electron chi connectivity index (χ0n) is 4.95. The molecular weight excluding hydrogens is 161 g/mol. The first kappa shape index (κ1) is 7.16. The average molecular weight is 168 g/mol. The average Bonchev–Trinajstić information content (AvgIpc) is 1.96. The predicted molar refractivity (Wildman–Crippen MR) is 36.6 cm³/mol. The van der Waals surface area contributed by atoms with Crippen molar-refractivity contribution in [2.24, 2.45) is 5.92 Å². The van der Waals surface area contributed by atoms with E-state index >= 15 is 0 Å². The van der Waals surface area contributed by atoms with Crippen LogP contribution in [0.5, 0.6) is 0 Å². The lowest BCUT2D eigenvalue weighted by atomic mass is 10.1. The topological polar surface area (TPSA) is 29.1 Å². The maximum atomic E-state index is 10.7. The van der Waals surface area contributed by atoms with Crippen LogP contribution in [0.3, 0.4) is 0 Å². The van der Waals surface area contributed by atoms with E-state index in [1.807, 2.05) is 6.92 Å². The number of halogens is 2. The van der Waals surface area contributed by atoms with E-state index in [9.17, 15) is 4.79 Å². The van der Waals surface area contributed by atoms with Crippen LogP contribution in [0.15, 0.2) is 0 Å². The van der Waals surface area contributed by atoms with Gasteiger partial charge in [-0.3, -0.25) is 4.79 Å². The van der Waals surface area contributed by atoms with Crippen molar-refractivity contribution in [1.82, 2.24) is 5.32 Å². The lowest BCUT2D eigenvalue weighted by molar-refractivity contribution is -0.119. The Hall–Kier alpha value is 0.0500. The minimum atomic E-state index is -1.19. The molecule has 1 heterocycles. The first-order chi connectivity index (χ1) is 4.05. The van der Waals surface area contributed by atoms with Gasteiger partial charge in [-0.05, 0) is 0 Å². The van der Waals surface area contributed by atoms with Crippen LogP contribution in [0.1, 0.15) is 6.92 Å². The zero-order chi connectivity index (χ0) is 7.07. The first-order valence-electron chi connectivity index (χ1n) is 2.71. The van der Waals surface area contributed by atoms with Crippen LogP contribution in [0.4, 0.5) is 0 Å². The van der Waals surface area contributed by atoms with Crippen LogP contribution in [0.2, 0.25) is 0 Å². The molecule has 0 aromatic rings. The highest BCUT2D eigenvalue weighted by Crippen LogP contribution is 2.33. The minimum Gasteiger partial charge on any atom is -0.353 e. The summed E-state index contributed by atoms with van der Waals surface area (Å²) in [7, 11) is 0. The Balaban J connectivity index is 2.78. The van der Waals surface area contributed by atoms with Gasteiger partial charge in [-0.25, -0.2) is 0 Å². The molecule has 0 bridgehead atoms. The van der Waals surface area contributed by atoms with E-state index in [2.05, 4.69) is 5.32 Å². The maximum absolute atomic E-state index is 10.7. The monoisotopic (exact) mass is 167 g/mol. The van der Waals surface area contributed by atoms with Gasteiger partial charge in [0.15, 0.2) is 4.33 Å². The Labute approximate surface area is 63.5 Å². The number of hydrogen-bond acceptors (Lipinski definition) is 1. The number of nitrogens with one attached hydrogen (secondary N) is 1. The van der Waals surface area contributed by atoms with Gasteiger partial charge in [-0.15, -0.1) is 0 Å². The molecule has 1 amide bonds. The number of alkyl halides is 2. The summed E-state index contributed by atoms with van der Waals surface area (Å²) < 4.78 is -1.19. The third kappa shape index (κ3) is 1.01. The molecule has 1 N–H and O–H groups in total. The van der Waals surface area contributed by atoms with E-state index < -0.39 is 4.33 Å². The molecule has 0 aromatic heterocycles. The van der Waals surface area contributed by atoms with Gasteiger partial charge < -0.3 is 5.32 Å². The number of rotatable bonds is 0. The Morgan fingerprint density at radius 3 is 2.44 bits per heavy atom. The fourth-order valence-electron chi connectivity index (χ4n) is 0.716. The molecule has 2 nitrogen and oxygen atoms in total. The molecule has 9 heavy (non-hydrogen) atoms. The Morgan fingerprint density at radius 1 is 1.78 bits per heavy atom. The zero-order valence-corrected chi connectivity index (χ0v) is 6.46. The van der Waals surface area contributed by atoms with Gasteiger partial charge in [0.05, 0.1) is 0 Å². The van der Waals surface area contributed by atoms with Crippen molar-refractivity contribution in [3.05, 3.63) is 0 Å². The normalized spacial score (nSPS) is 32.3. The van der Waals surface area contributed by atoms with Gasteiger partial charge in [-0.2, -0.15) is 0 Å². The summed E-state index contributed by atoms with van der Waals surface area (Å²) in [6.07, 6.45) is 0. The molecule has 1 atom stereocenters. The number of hydrogen-bond donors (Lipinski definition) is 1. The largest absolute Gasteiger partial charge is 0.353 e. The second-order valence-corrected chi connectivity index (χ2v) is 3.62. The summed E-state index contributed by atoms with van der Waals surface area (Å²) in [5.74, 6) is -0.272. The van der Waals surface area contributed by atoms with Crippen molar-refractivity contribution in [1.29, 1.82) is 0 Å². The number of carbonyl (C=O) groups excluding carboxylic acids is 1. The molecule has 0 spiro atoms. The predicted octanol–water partition coefficient (Wildman–Crippen LogP) is 0.926. The molecule has 4 heteroatoms. The van der Waals surface area contributed by atoms with Crippen molar-refractivity contribution >= 4 is 29.1 Å². The third-order valence-electron chi connectivity index (χ3n) is 1.49. The van der Waals surface area contributed by atoms with Gasteiger partial charge in [-0.1, -0.05) is 30.1 Å². The molecule has 1 fully saturated rings. The van der Waals surface area contributed by atoms with Gasteiger partial charge in [0.25, 0.3) is 5.91 Å². The highest BCUT2D eigenvalue weighted by Gasteiger charge is 2.44. The Kier molecular flexibility index (Phi) is 1.61. The minimum absolute atomic E-state index is 0.00772. The standard InChI is InChI=1S/C5H7Cl2NO/c1-3-2-8-4(9)5(3,6)7/h3H,2H2,1H3,(H,8,9). The molecule has 1 saturated heterocycles. The second kappa shape index (κ2) is 2.03. The molecule has 1 rings (SSSR count). The fourth-order valence-corrected chi connectivity index (χ4v) is 1.00. The Bertz CT molecular complexity index is 146. The third-order valence-corrected chi connectivity index (χ3v) is 2.58. The molecule has 52 valence electrons. The fraction of sp³-hybridized carbons (Fsp3) is 0.800. The summed E-state index contributed by atoms with van der Waals surface area (Å²) in [4.78, 5) is 10.7. The summed E-state index contributed by atoms with van der Waals surface area (Å²) in [6, 6.07) is 0. The maximum Gasteiger partial charge on any atom is 0.256 e. The molecule has 0 aromatic carbocycles. The molecule has 0 aliphatic carbocycles. The van der Waals surface area contributed by atoms with Gasteiger partial charge >= 0.3 is 0 Å². The van der Waals surface area contributed by atoms with Crippen LogP contribution < -0.4 is 5.32 Å². The van der Waals surface area contributed by atoms with Gasteiger partial charge in [0.2, 0.25) is 0 Å². The van der Waals surface area contributed by atoms with Crippen molar-refractivity contribution < 1.29 is 4.79 Å². The van der Waals surface area contributed by atoms with Crippen LogP contribution in [0.25, 0.3) is 0 Å². The van der Waals surface area contributed by atoms with Crippen molar-refractivity contribution in [3.8, 4) is 0 Å². The quantitative estimate of drug-likeness (QED) is 0.535. The first-order valence-corrected chi connectivity index (χ1v) is 3.47. The van der Waals surface area contributed by atoms with Crippen LogP contribution >= 0.6 is 23.2 Å². The SMILES string of the molecule is CC1CNC(=O)C1(Cl)Cl. The van der Waals surface area contributed by atoms with E-state index in [4.69, 9.17) is 23.2 Å². The smallest absolute Gasteiger partial charge is 0.256 e. The van der Waals surface area contributed by atoms with E-state index in [1.165, 1.54) is 0 Å². The van der Waals surface area contributed by atoms with Crippen LogP contribution in [-0.2, 0) is 4.79 Å². The van der Waals surface area contributed by atoms with Crippen molar-refractivity contribution in [2.45, 2.75) is 11.3 Å². The molecule has 1 unspecified atom stereocenters. The van der Waals surface area contributed by atoms with Crippen molar-refractivity contribution in [2.75, 3.05) is 6.54 Å². The van der Waals surface area contributed by atoms with Crippen molar-refractivity contribution in [3.63, 3.8) is 0 Å². The van der Waals surface area contributed by atoms with E-state index in [-0.39, 0.29) is 11.8 Å². The molecule has 0 saturated carbocycles. The van der Waals surface area contributed by atoms with Gasteiger partial charge in [0.1, 0.15) is 0 Å². The lowest BCUT2D eigenvalue weighted by Gasteiger charge is -2.12. The molecule has 0 radical (unpaired) electrons. The highest BCUT2D eigenvalue weighted by atomic mass is 35.5. The van der Waals surface area contributed by atoms with E-state index in [0.717, 1.165) is 0 Å². The van der Waals surface area contributed by atoms with E-state index in [1.54, 1.807) is 0 Å². The molecular formula is C5H7Cl2NO. The summed E-state index contributed by atoms with van der Waals surface area (Å²) in [5.41, 5.74) is 0. The lowest BCUT2D eigenvalue weighted by Crippen LogP contribution is -2.29. The highest BCUT2D eigenvalue weighted by molar-refractivity contribution is 6.58. The number of carbonyl (C=O) groups is 1. The Morgan fingerprint density at radius 2 is 2.33 bits per heavy atom. The summed E-state index contributed by atoms with van der Waals surface area (Å²) >= 11 is 11.2. The van der Waals surface area contributed by atoms with Gasteiger partial charge in [0, 0.05) is 12.5 Å². The van der Waals surface area contributed by atoms with E-state index in [0.29, 0.717) is 6.54 Å². The summed E-state index contributed by atoms with van der Waals surface area (Å²) in [5, 5.41) is 2.56. The molecule has 1 aliphatic rings. The van der Waals surface area contributed by atoms with Crippen LogP contribution in [-0.4, -0.2) is 16.8 Å². The second-order valence-electron chi connectivity index (χ2n) is 2.23. The number of amides is 1. The van der Waals surface area contributed by atoms with Crippen LogP contribution in [0, 0.1) is 5.92 Å². The molecule has 1 aliphatic heterocycles.